The first-order valence-corrected chi connectivity index (χ1v) is 7.32. The molecule has 2 rings (SSSR count). The molecule has 1 aromatic heterocycles. The fourth-order valence-corrected chi connectivity index (χ4v) is 2.61. The average molecular weight is 322 g/mol. The number of aromatic nitrogens is 2. The van der Waals surface area contributed by atoms with Gasteiger partial charge in [0.1, 0.15) is 16.1 Å². The van der Waals surface area contributed by atoms with E-state index in [1.807, 2.05) is 7.05 Å². The lowest BCUT2D eigenvalue weighted by Gasteiger charge is -2.10. The lowest BCUT2D eigenvalue weighted by molar-refractivity contribution is 0.771. The summed E-state index contributed by atoms with van der Waals surface area (Å²) < 4.78 is 0.946. The average Bonchev–Trinajstić information content (AvgIpc) is 2.71. The SMILES string of the molecule is CNCc1nc(-c2cc(C(C)C)ccc2C)c(Br)[nH]1. The van der Waals surface area contributed by atoms with E-state index in [-0.39, 0.29) is 0 Å². The van der Waals surface area contributed by atoms with Crippen molar-refractivity contribution in [3.05, 3.63) is 39.8 Å². The van der Waals surface area contributed by atoms with Crippen LogP contribution in [0, 0.1) is 6.92 Å². The van der Waals surface area contributed by atoms with Crippen LogP contribution in [0.15, 0.2) is 22.8 Å². The third-order valence-electron chi connectivity index (χ3n) is 3.24. The predicted molar refractivity (Wildman–Crippen MR) is 83.3 cm³/mol. The van der Waals surface area contributed by atoms with Crippen molar-refractivity contribution in [1.82, 2.24) is 15.3 Å². The Kier molecular flexibility index (Phi) is 4.42. The third-order valence-corrected chi connectivity index (χ3v) is 3.81. The van der Waals surface area contributed by atoms with Crippen LogP contribution in [0.25, 0.3) is 11.3 Å². The summed E-state index contributed by atoms with van der Waals surface area (Å²) in [6, 6.07) is 6.60. The molecule has 0 atom stereocenters. The van der Waals surface area contributed by atoms with Crippen molar-refractivity contribution in [3.63, 3.8) is 0 Å². The fraction of sp³-hybridized carbons (Fsp3) is 0.400. The van der Waals surface area contributed by atoms with Gasteiger partial charge in [-0.25, -0.2) is 4.98 Å². The fourth-order valence-electron chi connectivity index (χ4n) is 2.08. The van der Waals surface area contributed by atoms with E-state index < -0.39 is 0 Å². The number of benzene rings is 1. The van der Waals surface area contributed by atoms with Crippen LogP contribution in [0.5, 0.6) is 0 Å². The maximum atomic E-state index is 4.67. The van der Waals surface area contributed by atoms with Crippen molar-refractivity contribution in [2.45, 2.75) is 33.2 Å². The van der Waals surface area contributed by atoms with Gasteiger partial charge in [-0.05, 0) is 53.0 Å². The monoisotopic (exact) mass is 321 g/mol. The van der Waals surface area contributed by atoms with E-state index in [0.717, 1.165) is 22.7 Å². The molecule has 0 spiro atoms. The first kappa shape index (κ1) is 14.3. The summed E-state index contributed by atoms with van der Waals surface area (Å²) in [5, 5.41) is 3.11. The topological polar surface area (TPSA) is 40.7 Å². The molecule has 2 N–H and O–H groups in total. The minimum Gasteiger partial charge on any atom is -0.335 e. The van der Waals surface area contributed by atoms with Gasteiger partial charge in [0.05, 0.1) is 6.54 Å². The van der Waals surface area contributed by atoms with Crippen molar-refractivity contribution in [3.8, 4) is 11.3 Å². The number of H-pyrrole nitrogens is 1. The van der Waals surface area contributed by atoms with E-state index in [4.69, 9.17) is 0 Å². The molecule has 0 unspecified atom stereocenters. The van der Waals surface area contributed by atoms with E-state index in [2.05, 4.69) is 70.2 Å². The lowest BCUT2D eigenvalue weighted by atomic mass is 9.96. The van der Waals surface area contributed by atoms with Crippen LogP contribution in [-0.4, -0.2) is 17.0 Å². The summed E-state index contributed by atoms with van der Waals surface area (Å²) in [4.78, 5) is 7.93. The molecule has 2 aromatic rings. The zero-order chi connectivity index (χ0) is 14.0. The molecular weight excluding hydrogens is 302 g/mol. The van der Waals surface area contributed by atoms with E-state index in [9.17, 15) is 0 Å². The number of hydrogen-bond donors (Lipinski definition) is 2. The molecule has 0 amide bonds. The maximum absolute atomic E-state index is 4.67. The highest BCUT2D eigenvalue weighted by Gasteiger charge is 2.13. The van der Waals surface area contributed by atoms with Gasteiger partial charge in [0.25, 0.3) is 0 Å². The Balaban J connectivity index is 2.48. The van der Waals surface area contributed by atoms with Crippen LogP contribution in [0.2, 0.25) is 0 Å². The second-order valence-electron chi connectivity index (χ2n) is 5.11. The summed E-state index contributed by atoms with van der Waals surface area (Å²) in [5.41, 5.74) is 4.76. The van der Waals surface area contributed by atoms with Gasteiger partial charge in [-0.3, -0.25) is 0 Å². The first-order chi connectivity index (χ1) is 9.02. The molecule has 1 heterocycles. The van der Waals surface area contributed by atoms with Crippen molar-refractivity contribution in [1.29, 1.82) is 0 Å². The highest BCUT2D eigenvalue weighted by atomic mass is 79.9. The first-order valence-electron chi connectivity index (χ1n) is 6.52. The number of aromatic amines is 1. The Bertz CT molecular complexity index is 573. The zero-order valence-electron chi connectivity index (χ0n) is 11.8. The van der Waals surface area contributed by atoms with E-state index in [1.165, 1.54) is 16.7 Å². The summed E-state index contributed by atoms with van der Waals surface area (Å²) in [5.74, 6) is 1.47. The zero-order valence-corrected chi connectivity index (χ0v) is 13.4. The molecular formula is C15H20BrN3. The van der Waals surface area contributed by atoms with E-state index >= 15 is 0 Å². The summed E-state index contributed by atoms with van der Waals surface area (Å²) >= 11 is 3.57. The number of hydrogen-bond acceptors (Lipinski definition) is 2. The quantitative estimate of drug-likeness (QED) is 0.893. The molecule has 102 valence electrons. The Morgan fingerprint density at radius 2 is 2.11 bits per heavy atom. The Morgan fingerprint density at radius 3 is 2.74 bits per heavy atom. The van der Waals surface area contributed by atoms with Gasteiger partial charge in [0, 0.05) is 5.56 Å². The van der Waals surface area contributed by atoms with Gasteiger partial charge >= 0.3 is 0 Å². The number of aryl methyl sites for hydroxylation is 1. The molecule has 0 saturated carbocycles. The highest BCUT2D eigenvalue weighted by Crippen LogP contribution is 2.31. The Morgan fingerprint density at radius 1 is 1.37 bits per heavy atom. The largest absolute Gasteiger partial charge is 0.335 e. The molecule has 4 heteroatoms. The van der Waals surface area contributed by atoms with Gasteiger partial charge < -0.3 is 10.3 Å². The minimum absolute atomic E-state index is 0.522. The van der Waals surface area contributed by atoms with Gasteiger partial charge in [-0.15, -0.1) is 0 Å². The van der Waals surface area contributed by atoms with Crippen molar-refractivity contribution in [2.75, 3.05) is 7.05 Å². The molecule has 0 radical (unpaired) electrons. The van der Waals surface area contributed by atoms with Gasteiger partial charge in [0.2, 0.25) is 0 Å². The smallest absolute Gasteiger partial charge is 0.121 e. The number of halogens is 1. The van der Waals surface area contributed by atoms with Crippen LogP contribution in [0.4, 0.5) is 0 Å². The summed E-state index contributed by atoms with van der Waals surface area (Å²) in [6.07, 6.45) is 0. The van der Waals surface area contributed by atoms with Crippen LogP contribution in [-0.2, 0) is 6.54 Å². The molecule has 3 nitrogen and oxygen atoms in total. The summed E-state index contributed by atoms with van der Waals surface area (Å²) in [7, 11) is 1.92. The van der Waals surface area contributed by atoms with E-state index in [1.54, 1.807) is 0 Å². The second-order valence-corrected chi connectivity index (χ2v) is 5.90. The van der Waals surface area contributed by atoms with Gasteiger partial charge in [0.15, 0.2) is 0 Å². The minimum atomic E-state index is 0.522. The standard InChI is InChI=1S/C15H20BrN3/c1-9(2)11-6-5-10(3)12(7-11)14-15(16)19-13(18-14)8-17-4/h5-7,9,17H,8H2,1-4H3,(H,18,19). The number of nitrogens with one attached hydrogen (secondary N) is 2. The molecule has 0 aliphatic carbocycles. The van der Waals surface area contributed by atoms with Gasteiger partial charge in [-0.2, -0.15) is 0 Å². The molecule has 1 aromatic carbocycles. The highest BCUT2D eigenvalue weighted by molar-refractivity contribution is 9.10. The predicted octanol–water partition coefficient (Wildman–Crippen LogP) is 3.99. The van der Waals surface area contributed by atoms with Crippen LogP contribution >= 0.6 is 15.9 Å². The van der Waals surface area contributed by atoms with Crippen LogP contribution in [0.1, 0.15) is 36.7 Å². The molecule has 19 heavy (non-hydrogen) atoms. The van der Waals surface area contributed by atoms with Gasteiger partial charge in [-0.1, -0.05) is 26.0 Å². The summed E-state index contributed by atoms with van der Waals surface area (Å²) in [6.45, 7) is 7.28. The molecule has 0 aliphatic heterocycles. The van der Waals surface area contributed by atoms with Crippen molar-refractivity contribution >= 4 is 15.9 Å². The van der Waals surface area contributed by atoms with Crippen LogP contribution < -0.4 is 5.32 Å². The second kappa shape index (κ2) is 5.88. The Labute approximate surface area is 123 Å². The number of rotatable bonds is 4. The molecule has 0 fully saturated rings. The lowest BCUT2D eigenvalue weighted by Crippen LogP contribution is -2.06. The van der Waals surface area contributed by atoms with Crippen LogP contribution in [0.3, 0.4) is 0 Å². The number of imidazole rings is 1. The Hall–Kier alpha value is -1.13. The molecule has 0 bridgehead atoms. The van der Waals surface area contributed by atoms with Crippen molar-refractivity contribution < 1.29 is 0 Å². The third kappa shape index (κ3) is 3.07. The van der Waals surface area contributed by atoms with E-state index in [0.29, 0.717) is 5.92 Å². The number of nitrogens with zero attached hydrogens (tertiary/aromatic N) is 1. The maximum Gasteiger partial charge on any atom is 0.121 e. The normalized spacial score (nSPS) is 11.3. The molecule has 0 saturated heterocycles. The molecule has 0 aliphatic rings. The van der Waals surface area contributed by atoms with Crippen molar-refractivity contribution in [2.24, 2.45) is 0 Å².